The van der Waals surface area contributed by atoms with Crippen LogP contribution in [0.3, 0.4) is 0 Å². The highest BCUT2D eigenvalue weighted by Crippen LogP contribution is 2.26. The third-order valence-electron chi connectivity index (χ3n) is 4.02. The molecule has 0 saturated heterocycles. The van der Waals surface area contributed by atoms with Crippen LogP contribution in [-0.4, -0.2) is 13.2 Å². The summed E-state index contributed by atoms with van der Waals surface area (Å²) in [6, 6.07) is 6.58. The molecule has 0 unspecified atom stereocenters. The summed E-state index contributed by atoms with van der Waals surface area (Å²) in [6.45, 7) is 3.02. The Kier molecular flexibility index (Phi) is 3.32. The van der Waals surface area contributed by atoms with Crippen LogP contribution in [0.5, 0.6) is 5.75 Å². The van der Waals surface area contributed by atoms with Crippen molar-refractivity contribution in [3.8, 4) is 5.75 Å². The molecule has 0 radical (unpaired) electrons. The summed E-state index contributed by atoms with van der Waals surface area (Å²) in [6.07, 6.45) is 6.63. The molecule has 1 saturated carbocycles. The normalized spacial score (nSPS) is 20.2. The number of hydrogen-bond donors (Lipinski definition) is 1. The predicted octanol–water partition coefficient (Wildman–Crippen LogP) is 2.90. The summed E-state index contributed by atoms with van der Waals surface area (Å²) in [5, 5.41) is 3.40. The highest BCUT2D eigenvalue weighted by atomic mass is 16.5. The van der Waals surface area contributed by atoms with Crippen LogP contribution in [0.2, 0.25) is 0 Å². The van der Waals surface area contributed by atoms with Crippen LogP contribution in [0.1, 0.15) is 36.8 Å². The Balaban J connectivity index is 1.62. The van der Waals surface area contributed by atoms with Crippen molar-refractivity contribution in [1.82, 2.24) is 5.32 Å². The van der Waals surface area contributed by atoms with Crippen molar-refractivity contribution < 1.29 is 4.74 Å². The summed E-state index contributed by atoms with van der Waals surface area (Å²) in [5.41, 5.74) is 2.90. The number of nitrogens with one attached hydrogen (secondary N) is 1. The van der Waals surface area contributed by atoms with E-state index in [0.29, 0.717) is 0 Å². The molecule has 0 atom stereocenters. The Hall–Kier alpha value is -1.02. The van der Waals surface area contributed by atoms with Crippen LogP contribution >= 0.6 is 0 Å². The second-order valence-corrected chi connectivity index (χ2v) is 5.32. The van der Waals surface area contributed by atoms with Gasteiger partial charge < -0.3 is 10.1 Å². The van der Waals surface area contributed by atoms with E-state index in [1.165, 1.54) is 36.8 Å². The molecule has 0 amide bonds. The van der Waals surface area contributed by atoms with Gasteiger partial charge in [-0.2, -0.15) is 0 Å². The van der Waals surface area contributed by atoms with Crippen molar-refractivity contribution in [3.63, 3.8) is 0 Å². The van der Waals surface area contributed by atoms with Crippen LogP contribution in [-0.2, 0) is 13.0 Å². The zero-order valence-electron chi connectivity index (χ0n) is 10.4. The van der Waals surface area contributed by atoms with Gasteiger partial charge in [0.05, 0.1) is 6.61 Å². The van der Waals surface area contributed by atoms with Crippen LogP contribution in [0.25, 0.3) is 0 Å². The van der Waals surface area contributed by atoms with Gasteiger partial charge in [-0.05, 0) is 55.0 Å². The molecule has 1 aliphatic heterocycles. The number of benzene rings is 1. The molecule has 1 N–H and O–H groups in total. The molecular formula is C15H21NO. The Morgan fingerprint density at radius 1 is 1.18 bits per heavy atom. The van der Waals surface area contributed by atoms with E-state index >= 15 is 0 Å². The van der Waals surface area contributed by atoms with E-state index in [1.54, 1.807) is 0 Å². The Bertz CT molecular complexity index is 383. The fourth-order valence-electron chi connectivity index (χ4n) is 2.93. The minimum Gasteiger partial charge on any atom is -0.493 e. The van der Waals surface area contributed by atoms with Gasteiger partial charge in [0.1, 0.15) is 5.75 Å². The van der Waals surface area contributed by atoms with Gasteiger partial charge in [0.15, 0.2) is 0 Å². The summed E-state index contributed by atoms with van der Waals surface area (Å²) in [7, 11) is 0. The van der Waals surface area contributed by atoms with Gasteiger partial charge in [-0.1, -0.05) is 18.9 Å². The number of fused-ring (bicyclic) bond motifs is 1. The lowest BCUT2D eigenvalue weighted by Gasteiger charge is -2.18. The smallest absolute Gasteiger partial charge is 0.119 e. The van der Waals surface area contributed by atoms with Gasteiger partial charge in [0.25, 0.3) is 0 Å². The minimum atomic E-state index is 0.799. The SMILES string of the molecule is c1cc2c(cc1OCC1CCCC1)CCNC2. The first-order valence-corrected chi connectivity index (χ1v) is 6.87. The zero-order chi connectivity index (χ0) is 11.5. The third-order valence-corrected chi connectivity index (χ3v) is 4.02. The minimum absolute atomic E-state index is 0.799. The van der Waals surface area contributed by atoms with Crippen molar-refractivity contribution >= 4 is 0 Å². The molecule has 2 heteroatoms. The van der Waals surface area contributed by atoms with Crippen molar-refractivity contribution in [2.24, 2.45) is 5.92 Å². The van der Waals surface area contributed by atoms with Gasteiger partial charge in [-0.3, -0.25) is 0 Å². The Morgan fingerprint density at radius 3 is 2.94 bits per heavy atom. The van der Waals surface area contributed by atoms with Gasteiger partial charge >= 0.3 is 0 Å². The fraction of sp³-hybridized carbons (Fsp3) is 0.600. The van der Waals surface area contributed by atoms with Gasteiger partial charge in [-0.15, -0.1) is 0 Å². The fourth-order valence-corrected chi connectivity index (χ4v) is 2.93. The van der Waals surface area contributed by atoms with Crippen molar-refractivity contribution in [2.75, 3.05) is 13.2 Å². The summed E-state index contributed by atoms with van der Waals surface area (Å²) < 4.78 is 5.94. The summed E-state index contributed by atoms with van der Waals surface area (Å²) in [5.74, 6) is 1.87. The van der Waals surface area contributed by atoms with E-state index in [4.69, 9.17) is 4.74 Å². The first-order chi connectivity index (χ1) is 8.42. The van der Waals surface area contributed by atoms with E-state index in [-0.39, 0.29) is 0 Å². The maximum absolute atomic E-state index is 5.94. The molecular weight excluding hydrogens is 210 g/mol. The van der Waals surface area contributed by atoms with Crippen molar-refractivity contribution in [1.29, 1.82) is 0 Å². The molecule has 92 valence electrons. The molecule has 0 bridgehead atoms. The van der Waals surface area contributed by atoms with Crippen LogP contribution < -0.4 is 10.1 Å². The number of hydrogen-bond acceptors (Lipinski definition) is 2. The summed E-state index contributed by atoms with van der Waals surface area (Å²) in [4.78, 5) is 0. The second-order valence-electron chi connectivity index (χ2n) is 5.32. The lowest BCUT2D eigenvalue weighted by Crippen LogP contribution is -2.23. The Labute approximate surface area is 103 Å². The topological polar surface area (TPSA) is 21.3 Å². The lowest BCUT2D eigenvalue weighted by molar-refractivity contribution is 0.252. The predicted molar refractivity (Wildman–Crippen MR) is 69.3 cm³/mol. The van der Waals surface area contributed by atoms with E-state index in [9.17, 15) is 0 Å². The molecule has 1 aliphatic carbocycles. The molecule has 1 heterocycles. The second kappa shape index (κ2) is 5.09. The zero-order valence-corrected chi connectivity index (χ0v) is 10.4. The first-order valence-electron chi connectivity index (χ1n) is 6.87. The molecule has 1 aromatic rings. The molecule has 1 aromatic carbocycles. The van der Waals surface area contributed by atoms with E-state index in [0.717, 1.165) is 37.8 Å². The maximum Gasteiger partial charge on any atom is 0.119 e. The first kappa shape index (κ1) is 11.1. The van der Waals surface area contributed by atoms with Gasteiger partial charge in [-0.25, -0.2) is 0 Å². The highest BCUT2D eigenvalue weighted by Gasteiger charge is 2.16. The van der Waals surface area contributed by atoms with E-state index in [1.807, 2.05) is 0 Å². The van der Waals surface area contributed by atoms with Gasteiger partial charge in [0, 0.05) is 6.54 Å². The monoisotopic (exact) mass is 231 g/mol. The van der Waals surface area contributed by atoms with E-state index < -0.39 is 0 Å². The molecule has 1 fully saturated rings. The molecule has 2 aliphatic rings. The van der Waals surface area contributed by atoms with Crippen molar-refractivity contribution in [2.45, 2.75) is 38.6 Å². The highest BCUT2D eigenvalue weighted by molar-refractivity contribution is 5.37. The quantitative estimate of drug-likeness (QED) is 0.863. The molecule has 2 nitrogen and oxygen atoms in total. The summed E-state index contributed by atoms with van der Waals surface area (Å²) >= 11 is 0. The molecule has 0 aromatic heterocycles. The number of rotatable bonds is 3. The van der Waals surface area contributed by atoms with Gasteiger partial charge in [0.2, 0.25) is 0 Å². The largest absolute Gasteiger partial charge is 0.493 e. The third kappa shape index (κ3) is 2.63. The lowest BCUT2D eigenvalue weighted by atomic mass is 10.0. The van der Waals surface area contributed by atoms with Crippen LogP contribution in [0.4, 0.5) is 0 Å². The average molecular weight is 231 g/mol. The molecule has 17 heavy (non-hydrogen) atoms. The standard InChI is InChI=1S/C15H21NO/c1-2-4-12(3-1)11-17-15-6-5-14-10-16-8-7-13(14)9-15/h5-6,9,12,16H,1-4,7-8,10-11H2. The van der Waals surface area contributed by atoms with Crippen LogP contribution in [0, 0.1) is 5.92 Å². The molecule has 3 rings (SSSR count). The number of ether oxygens (including phenoxy) is 1. The maximum atomic E-state index is 5.94. The Morgan fingerprint density at radius 2 is 2.06 bits per heavy atom. The van der Waals surface area contributed by atoms with Crippen LogP contribution in [0.15, 0.2) is 18.2 Å². The average Bonchev–Trinajstić information content (AvgIpc) is 2.89. The van der Waals surface area contributed by atoms with Crippen molar-refractivity contribution in [3.05, 3.63) is 29.3 Å². The molecule has 0 spiro atoms. The van der Waals surface area contributed by atoms with E-state index in [2.05, 4.69) is 23.5 Å².